The third kappa shape index (κ3) is 6.12. The van der Waals surface area contributed by atoms with Crippen LogP contribution in [0.25, 0.3) is 17.1 Å². The molecular weight excluding hydrogens is 581 g/mol. The molecule has 2 saturated heterocycles. The van der Waals surface area contributed by atoms with Crippen molar-refractivity contribution >= 4 is 23.3 Å². The van der Waals surface area contributed by atoms with Gasteiger partial charge in [-0.15, -0.1) is 0 Å². The number of aromatic nitrogens is 5. The Morgan fingerprint density at radius 1 is 1.07 bits per heavy atom. The second-order valence-corrected chi connectivity index (χ2v) is 11.3. The number of nitrogens with one attached hydrogen (secondary N) is 1. The number of anilines is 1. The molecule has 0 spiro atoms. The van der Waals surface area contributed by atoms with Crippen LogP contribution < -0.4 is 4.90 Å². The van der Waals surface area contributed by atoms with Crippen LogP contribution in [0.3, 0.4) is 0 Å². The zero-order chi connectivity index (χ0) is 30.1. The third-order valence-electron chi connectivity index (χ3n) is 8.37. The summed E-state index contributed by atoms with van der Waals surface area (Å²) in [6, 6.07) is 10.1. The highest BCUT2D eigenvalue weighted by atomic mass is 35.5. The van der Waals surface area contributed by atoms with Gasteiger partial charge in [-0.2, -0.15) is 18.3 Å². The lowest BCUT2D eigenvalue weighted by Gasteiger charge is -2.47. The van der Waals surface area contributed by atoms with Crippen molar-refractivity contribution in [3.63, 3.8) is 0 Å². The average molecular weight is 613 g/mol. The summed E-state index contributed by atoms with van der Waals surface area (Å²) in [6.07, 6.45) is 4.77. The second-order valence-electron chi connectivity index (χ2n) is 10.9. The number of amides is 1. The number of likely N-dealkylation sites (tertiary alicyclic amines) is 1. The van der Waals surface area contributed by atoms with Gasteiger partial charge in [-0.05, 0) is 55.7 Å². The molecule has 5 heterocycles. The predicted octanol–water partition coefficient (Wildman–Crippen LogP) is 5.54. The number of pyridine rings is 1. The fraction of sp³-hybridized carbons (Fsp3) is 0.400. The topological polar surface area (TPSA) is 86.2 Å². The van der Waals surface area contributed by atoms with Crippen molar-refractivity contribution in [3.05, 3.63) is 77.5 Å². The molecule has 6 rings (SSSR count). The molecule has 4 aromatic rings. The van der Waals surface area contributed by atoms with E-state index >= 15 is 0 Å². The molecule has 0 bridgehead atoms. The molecule has 1 amide bonds. The van der Waals surface area contributed by atoms with Crippen LogP contribution in [0.15, 0.2) is 61.2 Å². The van der Waals surface area contributed by atoms with Gasteiger partial charge in [-0.1, -0.05) is 18.5 Å². The molecule has 13 heteroatoms. The van der Waals surface area contributed by atoms with Crippen LogP contribution in [0.5, 0.6) is 0 Å². The van der Waals surface area contributed by atoms with E-state index < -0.39 is 11.9 Å². The zero-order valence-corrected chi connectivity index (χ0v) is 24.4. The van der Waals surface area contributed by atoms with E-state index in [-0.39, 0.29) is 5.91 Å². The van der Waals surface area contributed by atoms with Gasteiger partial charge in [0.2, 0.25) is 0 Å². The number of hydrogen-bond acceptors (Lipinski definition) is 6. The Kier molecular flexibility index (Phi) is 8.15. The first kappa shape index (κ1) is 29.2. The molecule has 0 radical (unpaired) electrons. The van der Waals surface area contributed by atoms with Gasteiger partial charge in [0.25, 0.3) is 5.91 Å². The summed E-state index contributed by atoms with van der Waals surface area (Å²) in [5, 5.41) is 4.20. The van der Waals surface area contributed by atoms with Crippen molar-refractivity contribution in [2.24, 2.45) is 0 Å². The summed E-state index contributed by atoms with van der Waals surface area (Å²) in [5.74, 6) is 1.45. The number of imidazole rings is 1. The summed E-state index contributed by atoms with van der Waals surface area (Å²) < 4.78 is 39.8. The average Bonchev–Trinajstić information content (AvgIpc) is 3.74. The summed E-state index contributed by atoms with van der Waals surface area (Å²) in [6.45, 7) is 6.03. The fourth-order valence-corrected chi connectivity index (χ4v) is 6.37. The number of aromatic amines is 1. The van der Waals surface area contributed by atoms with Crippen LogP contribution in [0.4, 0.5) is 19.0 Å². The van der Waals surface area contributed by atoms with E-state index in [0.717, 1.165) is 66.9 Å². The monoisotopic (exact) mass is 612 g/mol. The van der Waals surface area contributed by atoms with Gasteiger partial charge in [0.1, 0.15) is 11.6 Å². The van der Waals surface area contributed by atoms with Crippen molar-refractivity contribution in [1.29, 1.82) is 0 Å². The highest BCUT2D eigenvalue weighted by molar-refractivity contribution is 6.33. The molecule has 226 valence electrons. The normalized spacial score (nSPS) is 18.8. The summed E-state index contributed by atoms with van der Waals surface area (Å²) in [4.78, 5) is 32.0. The number of carbonyl (C=O) groups excluding carboxylic acids is 1. The lowest BCUT2D eigenvalue weighted by molar-refractivity contribution is -0.141. The first-order chi connectivity index (χ1) is 20.7. The molecule has 2 fully saturated rings. The molecule has 0 saturated carbocycles. The zero-order valence-electron chi connectivity index (χ0n) is 23.6. The Hall–Kier alpha value is -3.90. The van der Waals surface area contributed by atoms with Crippen molar-refractivity contribution in [3.8, 4) is 17.1 Å². The number of nitrogens with zero attached hydrogens (tertiary/aromatic N) is 7. The van der Waals surface area contributed by atoms with E-state index in [4.69, 9.17) is 11.6 Å². The lowest BCUT2D eigenvalue weighted by Crippen LogP contribution is -2.58. The number of piperidine rings is 1. The van der Waals surface area contributed by atoms with Crippen LogP contribution in [-0.4, -0.2) is 85.2 Å². The summed E-state index contributed by atoms with van der Waals surface area (Å²) in [5.41, 5.74) is 0.856. The van der Waals surface area contributed by atoms with Gasteiger partial charge < -0.3 is 14.8 Å². The second kappa shape index (κ2) is 12.0. The number of alkyl halides is 3. The van der Waals surface area contributed by atoms with E-state index in [1.807, 2.05) is 11.0 Å². The number of hydrogen-bond donors (Lipinski definition) is 1. The van der Waals surface area contributed by atoms with E-state index in [0.29, 0.717) is 41.4 Å². The Morgan fingerprint density at radius 3 is 2.47 bits per heavy atom. The minimum atomic E-state index is -4.50. The Balaban J connectivity index is 1.04. The number of rotatable bonds is 6. The Morgan fingerprint density at radius 2 is 1.84 bits per heavy atom. The molecule has 9 nitrogen and oxygen atoms in total. The maximum Gasteiger partial charge on any atom is 0.435 e. The molecule has 43 heavy (non-hydrogen) atoms. The van der Waals surface area contributed by atoms with Crippen LogP contribution in [0, 0.1) is 0 Å². The van der Waals surface area contributed by atoms with Crippen LogP contribution in [0.1, 0.15) is 42.2 Å². The van der Waals surface area contributed by atoms with Gasteiger partial charge in [0.15, 0.2) is 5.69 Å². The summed E-state index contributed by atoms with van der Waals surface area (Å²) >= 11 is 6.67. The van der Waals surface area contributed by atoms with Gasteiger partial charge >= 0.3 is 6.18 Å². The van der Waals surface area contributed by atoms with Crippen LogP contribution in [-0.2, 0) is 6.18 Å². The number of H-pyrrole nitrogens is 1. The standard InChI is InChI=1S/C30H32ClF3N8O/c1-2-22-19-40(28-25(31)17-21(18-37-28)27-35-10-11-36-27)15-16-41(22)23-7-12-39(13-8-23)29(43)20-3-5-24(6-4-20)42-14-9-26(38-42)30(32,33)34/h3-6,9-11,14,17-18,22-23H,2,7-8,12-13,15-16,19H2,1H3,(H,35,36)/t22-/m0/s1. The van der Waals surface area contributed by atoms with Crippen molar-refractivity contribution < 1.29 is 18.0 Å². The van der Waals surface area contributed by atoms with Gasteiger partial charge in [0.05, 0.1) is 10.7 Å². The first-order valence-electron chi connectivity index (χ1n) is 14.4. The largest absolute Gasteiger partial charge is 0.435 e. The van der Waals surface area contributed by atoms with E-state index in [2.05, 4.69) is 36.8 Å². The first-order valence-corrected chi connectivity index (χ1v) is 14.8. The molecule has 2 aliphatic heterocycles. The van der Waals surface area contributed by atoms with Gasteiger partial charge in [-0.25, -0.2) is 14.6 Å². The highest BCUT2D eigenvalue weighted by Gasteiger charge is 2.35. The van der Waals surface area contributed by atoms with Crippen LogP contribution in [0.2, 0.25) is 5.02 Å². The molecule has 0 aliphatic carbocycles. The van der Waals surface area contributed by atoms with Gasteiger partial charge in [0, 0.05) is 80.7 Å². The number of benzene rings is 1. The number of carbonyl (C=O) groups is 1. The minimum Gasteiger partial charge on any atom is -0.353 e. The summed E-state index contributed by atoms with van der Waals surface area (Å²) in [7, 11) is 0. The molecule has 1 atom stereocenters. The smallest absolute Gasteiger partial charge is 0.353 e. The highest BCUT2D eigenvalue weighted by Crippen LogP contribution is 2.32. The van der Waals surface area contributed by atoms with Crippen molar-refractivity contribution in [1.82, 2.24) is 34.5 Å². The third-order valence-corrected chi connectivity index (χ3v) is 8.65. The SMILES string of the molecule is CC[C@H]1CN(c2ncc(-c3ncc[nH]3)cc2Cl)CCN1C1CCN(C(=O)c2ccc(-n3ccc(C(F)(F)F)n3)cc2)CC1. The van der Waals surface area contributed by atoms with Crippen molar-refractivity contribution in [2.75, 3.05) is 37.6 Å². The lowest BCUT2D eigenvalue weighted by atomic mass is 9.97. The molecule has 1 aromatic carbocycles. The number of piperazine rings is 1. The van der Waals surface area contributed by atoms with Crippen LogP contribution >= 0.6 is 11.6 Å². The Labute approximate surface area is 252 Å². The molecule has 0 unspecified atom stereocenters. The molecule has 3 aromatic heterocycles. The fourth-order valence-electron chi connectivity index (χ4n) is 6.08. The maximum atomic E-state index is 13.2. The van der Waals surface area contributed by atoms with Crippen molar-refractivity contribution in [2.45, 2.75) is 44.4 Å². The predicted molar refractivity (Wildman–Crippen MR) is 157 cm³/mol. The molecule has 2 aliphatic rings. The Bertz CT molecular complexity index is 1550. The van der Waals surface area contributed by atoms with E-state index in [1.54, 1.807) is 42.9 Å². The maximum absolute atomic E-state index is 13.2. The van der Waals surface area contributed by atoms with E-state index in [1.165, 1.54) is 6.20 Å². The van der Waals surface area contributed by atoms with E-state index in [9.17, 15) is 18.0 Å². The quantitative estimate of drug-likeness (QED) is 0.308. The number of halogens is 4. The molecular formula is C30H32ClF3N8O. The van der Waals surface area contributed by atoms with Gasteiger partial charge in [-0.3, -0.25) is 9.69 Å². The minimum absolute atomic E-state index is 0.0722. The molecule has 1 N–H and O–H groups in total.